The topological polar surface area (TPSA) is 75.1 Å². The number of carboxylic acids is 1. The first-order valence-corrected chi connectivity index (χ1v) is 7.60. The molecule has 2 aromatic heterocycles. The molecule has 0 aromatic carbocycles. The number of hydrogen-bond donors (Lipinski definition) is 2. The molecule has 0 amide bonds. The standard InChI is InChI=1S/C14H19N3O2S/c1-9(3-4-11(18)19)5-6-15-14-13-12(16-8-17-14)10(2)7-20-13/h7-9H,3-6H2,1-2H3,(H,18,19)(H,15,16,17). The molecule has 0 saturated carbocycles. The van der Waals surface area contributed by atoms with Gasteiger partial charge in [-0.15, -0.1) is 11.3 Å². The van der Waals surface area contributed by atoms with E-state index in [1.54, 1.807) is 17.7 Å². The van der Waals surface area contributed by atoms with E-state index in [1.165, 1.54) is 5.56 Å². The van der Waals surface area contributed by atoms with E-state index in [0.717, 1.165) is 29.0 Å². The van der Waals surface area contributed by atoms with Gasteiger partial charge in [0.2, 0.25) is 0 Å². The zero-order chi connectivity index (χ0) is 14.5. The number of fused-ring (bicyclic) bond motifs is 1. The summed E-state index contributed by atoms with van der Waals surface area (Å²) in [6.45, 7) is 4.92. The van der Waals surface area contributed by atoms with E-state index in [9.17, 15) is 4.79 Å². The lowest BCUT2D eigenvalue weighted by Crippen LogP contribution is -2.09. The Labute approximate surface area is 122 Å². The van der Waals surface area contributed by atoms with Gasteiger partial charge in [0, 0.05) is 13.0 Å². The monoisotopic (exact) mass is 293 g/mol. The Kier molecular flexibility index (Phi) is 4.89. The summed E-state index contributed by atoms with van der Waals surface area (Å²) >= 11 is 1.65. The van der Waals surface area contributed by atoms with Crippen molar-refractivity contribution in [1.29, 1.82) is 0 Å². The van der Waals surface area contributed by atoms with Gasteiger partial charge in [-0.2, -0.15) is 0 Å². The van der Waals surface area contributed by atoms with Crippen molar-refractivity contribution >= 4 is 33.3 Å². The second kappa shape index (κ2) is 6.65. The maximum absolute atomic E-state index is 10.5. The van der Waals surface area contributed by atoms with Crippen LogP contribution in [0.15, 0.2) is 11.7 Å². The van der Waals surface area contributed by atoms with Crippen molar-refractivity contribution < 1.29 is 9.90 Å². The number of anilines is 1. The molecule has 2 heterocycles. The van der Waals surface area contributed by atoms with Crippen molar-refractivity contribution in [3.8, 4) is 0 Å². The maximum atomic E-state index is 10.5. The Morgan fingerprint density at radius 3 is 3.00 bits per heavy atom. The molecule has 2 N–H and O–H groups in total. The van der Waals surface area contributed by atoms with Crippen molar-refractivity contribution in [3.05, 3.63) is 17.3 Å². The molecule has 20 heavy (non-hydrogen) atoms. The molecule has 0 aliphatic rings. The molecule has 1 atom stereocenters. The van der Waals surface area contributed by atoms with E-state index in [0.29, 0.717) is 12.3 Å². The number of carboxylic acid groups (broad SMARTS) is 1. The van der Waals surface area contributed by atoms with E-state index in [1.807, 2.05) is 6.92 Å². The number of nitrogens with zero attached hydrogens (tertiary/aromatic N) is 2. The molecule has 108 valence electrons. The Hall–Kier alpha value is -1.69. The maximum Gasteiger partial charge on any atom is 0.303 e. The average Bonchev–Trinajstić information content (AvgIpc) is 2.79. The lowest BCUT2D eigenvalue weighted by Gasteiger charge is -2.11. The first-order valence-electron chi connectivity index (χ1n) is 6.72. The van der Waals surface area contributed by atoms with Crippen molar-refractivity contribution in [2.24, 2.45) is 5.92 Å². The van der Waals surface area contributed by atoms with Crippen LogP contribution in [0.3, 0.4) is 0 Å². The number of carbonyl (C=O) groups is 1. The second-order valence-corrected chi connectivity index (χ2v) is 5.95. The smallest absolute Gasteiger partial charge is 0.303 e. The van der Waals surface area contributed by atoms with Crippen LogP contribution < -0.4 is 5.32 Å². The van der Waals surface area contributed by atoms with Crippen LogP contribution in [0.4, 0.5) is 5.82 Å². The van der Waals surface area contributed by atoms with Gasteiger partial charge >= 0.3 is 5.97 Å². The number of rotatable bonds is 7. The average molecular weight is 293 g/mol. The summed E-state index contributed by atoms with van der Waals surface area (Å²) in [7, 11) is 0. The molecule has 0 spiro atoms. The summed E-state index contributed by atoms with van der Waals surface area (Å²) < 4.78 is 1.09. The fourth-order valence-corrected chi connectivity index (χ4v) is 3.01. The Balaban J connectivity index is 1.88. The van der Waals surface area contributed by atoms with Crippen LogP contribution in [0.5, 0.6) is 0 Å². The van der Waals surface area contributed by atoms with Gasteiger partial charge in [-0.3, -0.25) is 4.79 Å². The summed E-state index contributed by atoms with van der Waals surface area (Å²) in [6.07, 6.45) is 3.47. The first-order chi connectivity index (χ1) is 9.58. The van der Waals surface area contributed by atoms with Gasteiger partial charge in [-0.05, 0) is 36.6 Å². The third-order valence-electron chi connectivity index (χ3n) is 3.31. The number of aryl methyl sites for hydroxylation is 1. The van der Waals surface area contributed by atoms with E-state index in [4.69, 9.17) is 5.11 Å². The van der Waals surface area contributed by atoms with Crippen LogP contribution in [-0.4, -0.2) is 27.6 Å². The number of aromatic nitrogens is 2. The number of nitrogens with one attached hydrogen (secondary N) is 1. The third kappa shape index (κ3) is 3.66. The summed E-state index contributed by atoms with van der Waals surface area (Å²) in [6, 6.07) is 0. The molecular formula is C14H19N3O2S. The van der Waals surface area contributed by atoms with Crippen LogP contribution in [0.2, 0.25) is 0 Å². The minimum Gasteiger partial charge on any atom is -0.481 e. The quantitative estimate of drug-likeness (QED) is 0.819. The van der Waals surface area contributed by atoms with Gasteiger partial charge in [-0.1, -0.05) is 6.92 Å². The van der Waals surface area contributed by atoms with E-state index in [-0.39, 0.29) is 6.42 Å². The molecule has 1 unspecified atom stereocenters. The minimum absolute atomic E-state index is 0.239. The Morgan fingerprint density at radius 1 is 1.45 bits per heavy atom. The fraction of sp³-hybridized carbons (Fsp3) is 0.500. The van der Waals surface area contributed by atoms with Crippen molar-refractivity contribution in [2.45, 2.75) is 33.1 Å². The van der Waals surface area contributed by atoms with Gasteiger partial charge in [0.1, 0.15) is 12.1 Å². The number of hydrogen-bond acceptors (Lipinski definition) is 5. The molecule has 0 aliphatic heterocycles. The van der Waals surface area contributed by atoms with Gasteiger partial charge in [-0.25, -0.2) is 9.97 Å². The molecule has 0 aliphatic carbocycles. The van der Waals surface area contributed by atoms with E-state index >= 15 is 0 Å². The first kappa shape index (κ1) is 14.7. The zero-order valence-electron chi connectivity index (χ0n) is 11.7. The van der Waals surface area contributed by atoms with E-state index < -0.39 is 5.97 Å². The van der Waals surface area contributed by atoms with Gasteiger partial charge in [0.15, 0.2) is 0 Å². The molecule has 0 bridgehead atoms. The number of aliphatic carboxylic acids is 1. The Bertz CT molecular complexity index is 597. The van der Waals surface area contributed by atoms with Crippen LogP contribution in [0.1, 0.15) is 31.7 Å². The Morgan fingerprint density at radius 2 is 2.25 bits per heavy atom. The van der Waals surface area contributed by atoms with Crippen LogP contribution >= 0.6 is 11.3 Å². The summed E-state index contributed by atoms with van der Waals surface area (Å²) in [5.74, 6) is 0.538. The highest BCUT2D eigenvalue weighted by molar-refractivity contribution is 7.18. The molecule has 2 rings (SSSR count). The molecule has 2 aromatic rings. The zero-order valence-corrected chi connectivity index (χ0v) is 12.5. The largest absolute Gasteiger partial charge is 0.481 e. The predicted molar refractivity (Wildman–Crippen MR) is 81.3 cm³/mol. The van der Waals surface area contributed by atoms with Crippen molar-refractivity contribution in [2.75, 3.05) is 11.9 Å². The lowest BCUT2D eigenvalue weighted by molar-refractivity contribution is -0.137. The van der Waals surface area contributed by atoms with Crippen LogP contribution in [-0.2, 0) is 4.79 Å². The fourth-order valence-electron chi connectivity index (χ4n) is 2.05. The molecule has 6 heteroatoms. The highest BCUT2D eigenvalue weighted by atomic mass is 32.1. The molecular weight excluding hydrogens is 274 g/mol. The molecule has 5 nitrogen and oxygen atoms in total. The predicted octanol–water partition coefficient (Wildman–Crippen LogP) is 3.30. The van der Waals surface area contributed by atoms with Crippen molar-refractivity contribution in [3.63, 3.8) is 0 Å². The van der Waals surface area contributed by atoms with Gasteiger partial charge in [0.05, 0.1) is 10.2 Å². The third-order valence-corrected chi connectivity index (χ3v) is 4.41. The SMILES string of the molecule is Cc1csc2c(NCCC(C)CCC(=O)O)ncnc12. The highest BCUT2D eigenvalue weighted by Crippen LogP contribution is 2.28. The highest BCUT2D eigenvalue weighted by Gasteiger charge is 2.09. The molecule has 0 radical (unpaired) electrons. The van der Waals surface area contributed by atoms with Crippen LogP contribution in [0, 0.1) is 12.8 Å². The summed E-state index contributed by atoms with van der Waals surface area (Å²) in [5.41, 5.74) is 2.18. The van der Waals surface area contributed by atoms with Gasteiger partial charge < -0.3 is 10.4 Å². The second-order valence-electron chi connectivity index (χ2n) is 5.07. The van der Waals surface area contributed by atoms with Gasteiger partial charge in [0.25, 0.3) is 0 Å². The molecule has 0 saturated heterocycles. The molecule has 0 fully saturated rings. The van der Waals surface area contributed by atoms with Crippen LogP contribution in [0.25, 0.3) is 10.2 Å². The summed E-state index contributed by atoms with van der Waals surface area (Å²) in [5, 5.41) is 14.1. The van der Waals surface area contributed by atoms with E-state index in [2.05, 4.69) is 27.6 Å². The minimum atomic E-state index is -0.726. The number of thiophene rings is 1. The van der Waals surface area contributed by atoms with Crippen molar-refractivity contribution in [1.82, 2.24) is 9.97 Å². The normalized spacial score (nSPS) is 12.5. The summed E-state index contributed by atoms with van der Waals surface area (Å²) in [4.78, 5) is 19.1. The lowest BCUT2D eigenvalue weighted by atomic mass is 10.0.